The molecule has 3 N–H and O–H groups in total. The number of hydrogen-bond donors (Lipinski definition) is 3. The summed E-state index contributed by atoms with van der Waals surface area (Å²) in [7, 11) is 0. The number of hydrogen-bond acceptors (Lipinski definition) is 5. The number of carbonyl (C=O) groups excluding carboxylic acids is 2. The molecule has 1 aromatic heterocycles. The number of aryl methyl sites for hydroxylation is 1. The molecule has 3 amide bonds. The van der Waals surface area contributed by atoms with Gasteiger partial charge < -0.3 is 15.4 Å². The molecule has 2 aromatic carbocycles. The Morgan fingerprint density at radius 2 is 1.79 bits per heavy atom. The molecular weight excluding hydrogens is 395 g/mol. The highest BCUT2D eigenvalue weighted by Crippen LogP contribution is 2.27. The van der Waals surface area contributed by atoms with Crippen molar-refractivity contribution in [3.05, 3.63) is 64.9 Å². The van der Waals surface area contributed by atoms with E-state index in [2.05, 4.69) is 20.9 Å². The SMILES string of the molecule is CCOc1ccccc1NC(=O)c1sc(NC(=O)Nc2ccc(F)cc2)nc1C. The van der Waals surface area contributed by atoms with Crippen molar-refractivity contribution in [3.63, 3.8) is 0 Å². The maximum absolute atomic E-state index is 12.9. The van der Waals surface area contributed by atoms with Gasteiger partial charge in [0.2, 0.25) is 0 Å². The molecule has 0 aliphatic heterocycles. The number of thiazole rings is 1. The van der Waals surface area contributed by atoms with Gasteiger partial charge >= 0.3 is 6.03 Å². The molecule has 3 aromatic rings. The molecule has 0 bridgehead atoms. The lowest BCUT2D eigenvalue weighted by atomic mass is 10.2. The lowest BCUT2D eigenvalue weighted by Crippen LogP contribution is -2.19. The molecule has 0 aliphatic carbocycles. The van der Waals surface area contributed by atoms with E-state index in [1.807, 2.05) is 13.0 Å². The standard InChI is InChI=1S/C20H19FN4O3S/c1-3-28-16-7-5-4-6-15(16)24-18(26)17-12(2)22-20(29-17)25-19(27)23-14-10-8-13(21)9-11-14/h4-11H,3H2,1-2H3,(H,24,26)(H2,22,23,25,27). The van der Waals surface area contributed by atoms with Gasteiger partial charge in [0.25, 0.3) is 5.91 Å². The number of halogens is 1. The van der Waals surface area contributed by atoms with Crippen LogP contribution in [0.2, 0.25) is 0 Å². The van der Waals surface area contributed by atoms with Crippen molar-refractivity contribution in [3.8, 4) is 5.75 Å². The van der Waals surface area contributed by atoms with Crippen molar-refractivity contribution in [2.24, 2.45) is 0 Å². The van der Waals surface area contributed by atoms with E-state index >= 15 is 0 Å². The Hall–Kier alpha value is -3.46. The van der Waals surface area contributed by atoms with E-state index in [1.54, 1.807) is 25.1 Å². The molecule has 29 heavy (non-hydrogen) atoms. The summed E-state index contributed by atoms with van der Waals surface area (Å²) in [6.07, 6.45) is 0. The molecular formula is C20H19FN4O3S. The van der Waals surface area contributed by atoms with Crippen molar-refractivity contribution in [2.75, 3.05) is 22.6 Å². The summed E-state index contributed by atoms with van der Waals surface area (Å²) in [5.41, 5.74) is 1.47. The van der Waals surface area contributed by atoms with Gasteiger partial charge in [0, 0.05) is 5.69 Å². The lowest BCUT2D eigenvalue weighted by molar-refractivity contribution is 0.102. The monoisotopic (exact) mass is 414 g/mol. The molecule has 0 aliphatic rings. The number of benzene rings is 2. The topological polar surface area (TPSA) is 92.4 Å². The van der Waals surface area contributed by atoms with Crippen molar-refractivity contribution in [1.29, 1.82) is 0 Å². The van der Waals surface area contributed by atoms with Gasteiger partial charge in [0.15, 0.2) is 5.13 Å². The zero-order valence-corrected chi connectivity index (χ0v) is 16.6. The molecule has 3 rings (SSSR count). The van der Waals surface area contributed by atoms with Gasteiger partial charge in [-0.3, -0.25) is 10.1 Å². The smallest absolute Gasteiger partial charge is 0.325 e. The Balaban J connectivity index is 1.67. The van der Waals surface area contributed by atoms with Crippen LogP contribution < -0.4 is 20.7 Å². The Labute approximate surface area is 170 Å². The first-order valence-electron chi connectivity index (χ1n) is 8.80. The molecule has 0 atom stereocenters. The van der Waals surface area contributed by atoms with Crippen molar-refractivity contribution >= 4 is 39.8 Å². The second-order valence-corrected chi connectivity index (χ2v) is 6.90. The predicted octanol–water partition coefficient (Wildman–Crippen LogP) is 4.89. The number of aromatic nitrogens is 1. The number of anilines is 3. The first-order valence-corrected chi connectivity index (χ1v) is 9.62. The highest BCUT2D eigenvalue weighted by Gasteiger charge is 2.18. The van der Waals surface area contributed by atoms with Crippen molar-refractivity contribution in [1.82, 2.24) is 4.98 Å². The van der Waals surface area contributed by atoms with Gasteiger partial charge in [-0.2, -0.15) is 0 Å². The largest absolute Gasteiger partial charge is 0.492 e. The number of ether oxygens (including phenoxy) is 1. The van der Waals surface area contributed by atoms with E-state index in [9.17, 15) is 14.0 Å². The van der Waals surface area contributed by atoms with Crippen LogP contribution in [0.1, 0.15) is 22.3 Å². The molecule has 0 fully saturated rings. The highest BCUT2D eigenvalue weighted by atomic mass is 32.1. The second kappa shape index (κ2) is 9.16. The summed E-state index contributed by atoms with van der Waals surface area (Å²) in [6.45, 7) is 4.02. The summed E-state index contributed by atoms with van der Waals surface area (Å²) >= 11 is 1.05. The highest BCUT2D eigenvalue weighted by molar-refractivity contribution is 7.17. The summed E-state index contributed by atoms with van der Waals surface area (Å²) in [4.78, 5) is 29.3. The molecule has 0 unspecified atom stereocenters. The van der Waals surface area contributed by atoms with E-state index in [4.69, 9.17) is 4.74 Å². The third-order valence-electron chi connectivity index (χ3n) is 3.76. The third kappa shape index (κ3) is 5.29. The van der Waals surface area contributed by atoms with Crippen LogP contribution in [0.3, 0.4) is 0 Å². The fourth-order valence-corrected chi connectivity index (χ4v) is 3.34. The number of amides is 3. The fraction of sp³-hybridized carbons (Fsp3) is 0.150. The number of nitrogens with one attached hydrogen (secondary N) is 3. The molecule has 150 valence electrons. The number of carbonyl (C=O) groups is 2. The lowest BCUT2D eigenvalue weighted by Gasteiger charge is -2.10. The normalized spacial score (nSPS) is 10.3. The first-order chi connectivity index (χ1) is 14.0. The number of urea groups is 1. The van der Waals surface area contributed by atoms with Gasteiger partial charge in [-0.25, -0.2) is 14.2 Å². The Morgan fingerprint density at radius 3 is 2.52 bits per heavy atom. The van der Waals surface area contributed by atoms with Crippen LogP contribution in [0.4, 0.5) is 25.7 Å². The van der Waals surface area contributed by atoms with Gasteiger partial charge in [0.05, 0.1) is 18.0 Å². The van der Waals surface area contributed by atoms with E-state index < -0.39 is 11.8 Å². The molecule has 0 saturated heterocycles. The zero-order chi connectivity index (χ0) is 20.8. The van der Waals surface area contributed by atoms with E-state index in [0.29, 0.717) is 34.3 Å². The number of nitrogens with zero attached hydrogens (tertiary/aromatic N) is 1. The first kappa shape index (κ1) is 20.3. The summed E-state index contributed by atoms with van der Waals surface area (Å²) in [6, 6.07) is 12.0. The third-order valence-corrected chi connectivity index (χ3v) is 4.83. The van der Waals surface area contributed by atoms with Gasteiger partial charge in [-0.1, -0.05) is 23.5 Å². The molecule has 7 nitrogen and oxygen atoms in total. The van der Waals surface area contributed by atoms with Crippen LogP contribution in [0, 0.1) is 12.7 Å². The average molecular weight is 414 g/mol. The Bertz CT molecular complexity index is 1020. The van der Waals surface area contributed by atoms with E-state index in [0.717, 1.165) is 11.3 Å². The van der Waals surface area contributed by atoms with Gasteiger partial charge in [0.1, 0.15) is 16.4 Å². The van der Waals surface area contributed by atoms with Crippen LogP contribution in [-0.4, -0.2) is 23.5 Å². The molecule has 9 heteroatoms. The maximum atomic E-state index is 12.9. The zero-order valence-electron chi connectivity index (χ0n) is 15.8. The van der Waals surface area contributed by atoms with E-state index in [-0.39, 0.29) is 11.0 Å². The Kier molecular flexibility index (Phi) is 6.40. The number of para-hydroxylation sites is 2. The minimum Gasteiger partial charge on any atom is -0.492 e. The quantitative estimate of drug-likeness (QED) is 0.536. The summed E-state index contributed by atoms with van der Waals surface area (Å²) in [5.74, 6) is -0.172. The molecule has 1 heterocycles. The van der Waals surface area contributed by atoms with Crippen LogP contribution in [0.15, 0.2) is 48.5 Å². The summed E-state index contributed by atoms with van der Waals surface area (Å²) < 4.78 is 18.4. The average Bonchev–Trinajstić information content (AvgIpc) is 3.05. The van der Waals surface area contributed by atoms with Gasteiger partial charge in [-0.05, 0) is 50.2 Å². The Morgan fingerprint density at radius 1 is 1.07 bits per heavy atom. The summed E-state index contributed by atoms with van der Waals surface area (Å²) in [5, 5.41) is 8.22. The number of rotatable bonds is 6. The van der Waals surface area contributed by atoms with Crippen molar-refractivity contribution in [2.45, 2.75) is 13.8 Å². The molecule has 0 spiro atoms. The fourth-order valence-electron chi connectivity index (χ4n) is 2.48. The molecule has 0 saturated carbocycles. The minimum atomic E-state index is -0.543. The predicted molar refractivity (Wildman–Crippen MR) is 111 cm³/mol. The van der Waals surface area contributed by atoms with E-state index in [1.165, 1.54) is 24.3 Å². The van der Waals surface area contributed by atoms with Crippen molar-refractivity contribution < 1.29 is 18.7 Å². The second-order valence-electron chi connectivity index (χ2n) is 5.90. The van der Waals surface area contributed by atoms with Crippen LogP contribution in [0.25, 0.3) is 0 Å². The van der Waals surface area contributed by atoms with Crippen LogP contribution >= 0.6 is 11.3 Å². The maximum Gasteiger partial charge on any atom is 0.325 e. The minimum absolute atomic E-state index is 0.269. The van der Waals surface area contributed by atoms with Crippen LogP contribution in [-0.2, 0) is 0 Å². The van der Waals surface area contributed by atoms with Gasteiger partial charge in [-0.15, -0.1) is 0 Å². The molecule has 0 radical (unpaired) electrons. The van der Waals surface area contributed by atoms with Crippen LogP contribution in [0.5, 0.6) is 5.75 Å².